The van der Waals surface area contributed by atoms with Gasteiger partial charge in [-0.2, -0.15) is 0 Å². The van der Waals surface area contributed by atoms with Gasteiger partial charge in [-0.15, -0.1) is 0 Å². The van der Waals surface area contributed by atoms with Crippen LogP contribution in [0.5, 0.6) is 0 Å². The van der Waals surface area contributed by atoms with Crippen molar-refractivity contribution < 1.29 is 0 Å². The molecule has 0 aromatic rings. The van der Waals surface area contributed by atoms with Crippen molar-refractivity contribution in [2.45, 2.75) is 32.7 Å². The Balaban J connectivity index is 2.35. The summed E-state index contributed by atoms with van der Waals surface area (Å²) in [6.45, 7) is 8.98. The minimum absolute atomic E-state index is 0.671. The molecule has 0 bridgehead atoms. The molecule has 3 nitrogen and oxygen atoms in total. The summed E-state index contributed by atoms with van der Waals surface area (Å²) in [6, 6.07) is 0.701. The lowest BCUT2D eigenvalue weighted by molar-refractivity contribution is 0.122. The van der Waals surface area contributed by atoms with Gasteiger partial charge in [0, 0.05) is 6.04 Å². The smallest absolute Gasteiger partial charge is 0.00385 e. The first-order valence-electron chi connectivity index (χ1n) is 6.27. The van der Waals surface area contributed by atoms with Gasteiger partial charge in [-0.3, -0.25) is 0 Å². The van der Waals surface area contributed by atoms with Crippen LogP contribution in [0.2, 0.25) is 0 Å². The third-order valence-electron chi connectivity index (χ3n) is 3.74. The largest absolute Gasteiger partial charge is 0.330 e. The predicted molar refractivity (Wildman–Crippen MR) is 65.9 cm³/mol. The standard InChI is InChI=1S/C12H27N3/c1-10(2)15-6-4-11(5-7-15)12(8-13)9-14-3/h10-12,14H,4-9,13H2,1-3H3. The lowest BCUT2D eigenvalue weighted by Gasteiger charge is -2.37. The molecular formula is C12H27N3. The Morgan fingerprint density at radius 1 is 1.33 bits per heavy atom. The fourth-order valence-corrected chi connectivity index (χ4v) is 2.61. The second-order valence-corrected chi connectivity index (χ2v) is 5.02. The highest BCUT2D eigenvalue weighted by molar-refractivity contribution is 4.80. The fourth-order valence-electron chi connectivity index (χ4n) is 2.61. The van der Waals surface area contributed by atoms with E-state index in [9.17, 15) is 0 Å². The fraction of sp³-hybridized carbons (Fsp3) is 1.00. The van der Waals surface area contributed by atoms with Gasteiger partial charge < -0.3 is 16.0 Å². The lowest BCUT2D eigenvalue weighted by Crippen LogP contribution is -2.43. The van der Waals surface area contributed by atoms with E-state index in [1.165, 1.54) is 25.9 Å². The second-order valence-electron chi connectivity index (χ2n) is 5.02. The highest BCUT2D eigenvalue weighted by Gasteiger charge is 2.25. The number of nitrogens with zero attached hydrogens (tertiary/aromatic N) is 1. The molecule has 1 unspecified atom stereocenters. The van der Waals surface area contributed by atoms with Crippen molar-refractivity contribution in [3.63, 3.8) is 0 Å². The molecule has 0 radical (unpaired) electrons. The predicted octanol–water partition coefficient (Wildman–Crippen LogP) is 0.901. The average molecular weight is 213 g/mol. The van der Waals surface area contributed by atoms with E-state index in [-0.39, 0.29) is 0 Å². The van der Waals surface area contributed by atoms with E-state index >= 15 is 0 Å². The van der Waals surface area contributed by atoms with Gasteiger partial charge in [0.25, 0.3) is 0 Å². The van der Waals surface area contributed by atoms with Gasteiger partial charge in [0.1, 0.15) is 0 Å². The molecule has 0 aromatic carbocycles. The molecule has 0 saturated carbocycles. The first-order chi connectivity index (χ1) is 7.19. The topological polar surface area (TPSA) is 41.3 Å². The van der Waals surface area contributed by atoms with Crippen LogP contribution in [0, 0.1) is 11.8 Å². The molecule has 1 rings (SSSR count). The Hall–Kier alpha value is -0.120. The molecule has 3 heteroatoms. The van der Waals surface area contributed by atoms with Crippen LogP contribution in [0.1, 0.15) is 26.7 Å². The van der Waals surface area contributed by atoms with Crippen molar-refractivity contribution in [3.8, 4) is 0 Å². The molecule has 1 aliphatic rings. The first kappa shape index (κ1) is 12.9. The Labute approximate surface area is 94.4 Å². The number of rotatable bonds is 5. The summed E-state index contributed by atoms with van der Waals surface area (Å²) in [5.41, 5.74) is 5.83. The van der Waals surface area contributed by atoms with Gasteiger partial charge in [0.2, 0.25) is 0 Å². The van der Waals surface area contributed by atoms with Gasteiger partial charge in [-0.1, -0.05) is 0 Å². The van der Waals surface area contributed by atoms with Crippen LogP contribution in [0.15, 0.2) is 0 Å². The third kappa shape index (κ3) is 3.74. The van der Waals surface area contributed by atoms with Crippen LogP contribution in [0.25, 0.3) is 0 Å². The van der Waals surface area contributed by atoms with Crippen LogP contribution in [0.4, 0.5) is 0 Å². The Morgan fingerprint density at radius 3 is 2.33 bits per heavy atom. The third-order valence-corrected chi connectivity index (χ3v) is 3.74. The Kier molecular flexibility index (Phi) is 5.58. The van der Waals surface area contributed by atoms with E-state index in [0.717, 1.165) is 19.0 Å². The SMILES string of the molecule is CNCC(CN)C1CCN(C(C)C)CC1. The van der Waals surface area contributed by atoms with Crippen molar-refractivity contribution in [1.82, 2.24) is 10.2 Å². The molecule has 1 heterocycles. The Morgan fingerprint density at radius 2 is 1.93 bits per heavy atom. The minimum Gasteiger partial charge on any atom is -0.330 e. The van der Waals surface area contributed by atoms with Crippen LogP contribution in [-0.2, 0) is 0 Å². The minimum atomic E-state index is 0.671. The highest BCUT2D eigenvalue weighted by Crippen LogP contribution is 2.25. The summed E-state index contributed by atoms with van der Waals surface area (Å²) in [4.78, 5) is 2.57. The number of hydrogen-bond acceptors (Lipinski definition) is 3. The molecule has 1 fully saturated rings. The molecule has 0 spiro atoms. The maximum absolute atomic E-state index is 5.83. The zero-order valence-electron chi connectivity index (χ0n) is 10.5. The summed E-state index contributed by atoms with van der Waals surface area (Å²) >= 11 is 0. The maximum Gasteiger partial charge on any atom is 0.00385 e. The Bertz CT molecular complexity index is 162. The van der Waals surface area contributed by atoms with Crippen molar-refractivity contribution in [2.24, 2.45) is 17.6 Å². The molecule has 0 amide bonds. The highest BCUT2D eigenvalue weighted by atomic mass is 15.1. The average Bonchev–Trinajstić information content (AvgIpc) is 2.26. The monoisotopic (exact) mass is 213 g/mol. The number of nitrogens with two attached hydrogens (primary N) is 1. The zero-order valence-corrected chi connectivity index (χ0v) is 10.5. The van der Waals surface area contributed by atoms with Gasteiger partial charge >= 0.3 is 0 Å². The van der Waals surface area contributed by atoms with Gasteiger partial charge in [-0.25, -0.2) is 0 Å². The molecule has 0 aromatic heterocycles. The van der Waals surface area contributed by atoms with Gasteiger partial charge in [0.05, 0.1) is 0 Å². The van der Waals surface area contributed by atoms with Crippen LogP contribution < -0.4 is 11.1 Å². The molecule has 90 valence electrons. The maximum atomic E-state index is 5.83. The van der Waals surface area contributed by atoms with Crippen LogP contribution in [0.3, 0.4) is 0 Å². The zero-order chi connectivity index (χ0) is 11.3. The molecule has 1 atom stereocenters. The van der Waals surface area contributed by atoms with Crippen LogP contribution in [-0.4, -0.2) is 44.2 Å². The van der Waals surface area contributed by atoms with E-state index in [4.69, 9.17) is 5.73 Å². The molecule has 1 aliphatic heterocycles. The summed E-state index contributed by atoms with van der Waals surface area (Å²) in [7, 11) is 2.02. The van der Waals surface area contributed by atoms with Crippen LogP contribution >= 0.6 is 0 Å². The van der Waals surface area contributed by atoms with Crippen molar-refractivity contribution >= 4 is 0 Å². The summed E-state index contributed by atoms with van der Waals surface area (Å²) in [6.07, 6.45) is 2.64. The van der Waals surface area contributed by atoms with E-state index in [1.54, 1.807) is 0 Å². The molecular weight excluding hydrogens is 186 g/mol. The van der Waals surface area contributed by atoms with E-state index in [0.29, 0.717) is 12.0 Å². The molecule has 3 N–H and O–H groups in total. The summed E-state index contributed by atoms with van der Waals surface area (Å²) in [5, 5.41) is 3.26. The second kappa shape index (κ2) is 6.46. The lowest BCUT2D eigenvalue weighted by atomic mass is 9.84. The van der Waals surface area contributed by atoms with E-state index in [1.807, 2.05) is 7.05 Å². The number of likely N-dealkylation sites (tertiary alicyclic amines) is 1. The molecule has 0 aliphatic carbocycles. The summed E-state index contributed by atoms with van der Waals surface area (Å²) < 4.78 is 0. The van der Waals surface area contributed by atoms with E-state index in [2.05, 4.69) is 24.1 Å². The van der Waals surface area contributed by atoms with E-state index < -0.39 is 0 Å². The normalized spacial score (nSPS) is 22.2. The van der Waals surface area contributed by atoms with Crippen molar-refractivity contribution in [1.29, 1.82) is 0 Å². The van der Waals surface area contributed by atoms with Gasteiger partial charge in [0.15, 0.2) is 0 Å². The summed E-state index contributed by atoms with van der Waals surface area (Å²) in [5.74, 6) is 1.50. The molecule has 15 heavy (non-hydrogen) atoms. The first-order valence-corrected chi connectivity index (χ1v) is 6.27. The number of hydrogen-bond donors (Lipinski definition) is 2. The van der Waals surface area contributed by atoms with Crippen molar-refractivity contribution in [2.75, 3.05) is 33.2 Å². The number of piperidine rings is 1. The molecule has 1 saturated heterocycles. The number of nitrogens with one attached hydrogen (secondary N) is 1. The van der Waals surface area contributed by atoms with Gasteiger partial charge in [-0.05, 0) is 71.8 Å². The quantitative estimate of drug-likeness (QED) is 0.713. The van der Waals surface area contributed by atoms with Crippen molar-refractivity contribution in [3.05, 3.63) is 0 Å².